The van der Waals surface area contributed by atoms with E-state index in [9.17, 15) is 0 Å². The Morgan fingerprint density at radius 2 is 2.19 bits per heavy atom. The fourth-order valence-corrected chi connectivity index (χ4v) is 1.67. The van der Waals surface area contributed by atoms with Crippen LogP contribution < -0.4 is 5.32 Å². The summed E-state index contributed by atoms with van der Waals surface area (Å²) in [6.45, 7) is 5.79. The Labute approximate surface area is 95.1 Å². The second-order valence-electron chi connectivity index (χ2n) is 3.87. The molecule has 0 unspecified atom stereocenters. The van der Waals surface area contributed by atoms with Crippen molar-refractivity contribution in [2.45, 2.75) is 26.9 Å². The molecule has 2 aromatic heterocycles. The lowest BCUT2D eigenvalue weighted by atomic mass is 10.4. The summed E-state index contributed by atoms with van der Waals surface area (Å²) < 4.78 is 3.90. The predicted molar refractivity (Wildman–Crippen MR) is 63.2 cm³/mol. The molecular weight excluding hydrogens is 202 g/mol. The maximum atomic E-state index is 4.43. The minimum absolute atomic E-state index is 0.754. The molecule has 1 N–H and O–H groups in total. The molecule has 0 amide bonds. The largest absolute Gasteiger partial charge is 0.351 e. The van der Waals surface area contributed by atoms with Gasteiger partial charge in [0.05, 0.1) is 11.9 Å². The first kappa shape index (κ1) is 10.7. The summed E-state index contributed by atoms with van der Waals surface area (Å²) in [6.07, 6.45) is 5.91. The third-order valence-corrected chi connectivity index (χ3v) is 2.45. The van der Waals surface area contributed by atoms with Gasteiger partial charge in [0, 0.05) is 38.1 Å². The van der Waals surface area contributed by atoms with E-state index in [0.29, 0.717) is 0 Å². The highest BCUT2D eigenvalue weighted by atomic mass is 15.2. The molecule has 0 spiro atoms. The fourth-order valence-electron chi connectivity index (χ4n) is 1.67. The van der Waals surface area contributed by atoms with E-state index in [2.05, 4.69) is 26.9 Å². The predicted octanol–water partition coefficient (Wildman–Crippen LogP) is 1.56. The zero-order chi connectivity index (χ0) is 11.5. The van der Waals surface area contributed by atoms with Crippen LogP contribution in [0.3, 0.4) is 0 Å². The lowest BCUT2D eigenvalue weighted by molar-refractivity contribution is 0.761. The minimum atomic E-state index is 0.754. The Bertz CT molecular complexity index is 468. The van der Waals surface area contributed by atoms with Crippen molar-refractivity contribution < 1.29 is 0 Å². The topological polar surface area (TPSA) is 47.7 Å². The lowest BCUT2D eigenvalue weighted by Crippen LogP contribution is -2.05. The number of imidazole rings is 1. The van der Waals surface area contributed by atoms with Gasteiger partial charge in [0.2, 0.25) is 5.95 Å². The van der Waals surface area contributed by atoms with Gasteiger partial charge < -0.3 is 9.88 Å². The molecule has 2 aromatic rings. The second kappa shape index (κ2) is 4.38. The van der Waals surface area contributed by atoms with Crippen molar-refractivity contribution in [3.05, 3.63) is 29.8 Å². The molecular formula is C11H17N5. The summed E-state index contributed by atoms with van der Waals surface area (Å²) in [4.78, 5) is 4.43. The van der Waals surface area contributed by atoms with Crippen molar-refractivity contribution in [2.75, 3.05) is 5.32 Å². The highest BCUT2D eigenvalue weighted by Crippen LogP contribution is 2.09. The van der Waals surface area contributed by atoms with E-state index in [-0.39, 0.29) is 0 Å². The van der Waals surface area contributed by atoms with E-state index in [4.69, 9.17) is 0 Å². The van der Waals surface area contributed by atoms with Gasteiger partial charge in [0.1, 0.15) is 0 Å². The van der Waals surface area contributed by atoms with Gasteiger partial charge in [-0.15, -0.1) is 0 Å². The first-order valence-corrected chi connectivity index (χ1v) is 5.44. The van der Waals surface area contributed by atoms with E-state index in [1.165, 1.54) is 0 Å². The monoisotopic (exact) mass is 219 g/mol. The number of hydrogen-bond acceptors (Lipinski definition) is 3. The van der Waals surface area contributed by atoms with Crippen molar-refractivity contribution in [3.8, 4) is 0 Å². The number of rotatable bonds is 4. The van der Waals surface area contributed by atoms with Crippen molar-refractivity contribution in [1.82, 2.24) is 19.3 Å². The van der Waals surface area contributed by atoms with Gasteiger partial charge in [0.25, 0.3) is 0 Å². The molecule has 2 rings (SSSR count). The van der Waals surface area contributed by atoms with Crippen LogP contribution in [0.5, 0.6) is 0 Å². The van der Waals surface area contributed by atoms with Crippen molar-refractivity contribution >= 4 is 5.95 Å². The smallest absolute Gasteiger partial charge is 0.203 e. The summed E-state index contributed by atoms with van der Waals surface area (Å²) >= 11 is 0. The normalized spacial score (nSPS) is 10.7. The number of aromatic nitrogens is 4. The lowest BCUT2D eigenvalue weighted by Gasteiger charge is -2.05. The molecule has 86 valence electrons. The van der Waals surface area contributed by atoms with Crippen LogP contribution in [0.15, 0.2) is 18.6 Å². The van der Waals surface area contributed by atoms with Gasteiger partial charge in [-0.2, -0.15) is 5.10 Å². The van der Waals surface area contributed by atoms with Crippen LogP contribution in [0.2, 0.25) is 0 Å². The first-order chi connectivity index (χ1) is 7.69. The molecule has 0 aliphatic rings. The maximum absolute atomic E-state index is 4.43. The summed E-state index contributed by atoms with van der Waals surface area (Å²) in [7, 11) is 1.92. The molecule has 0 saturated heterocycles. The van der Waals surface area contributed by atoms with E-state index in [1.807, 2.05) is 32.6 Å². The van der Waals surface area contributed by atoms with Gasteiger partial charge in [0.15, 0.2) is 0 Å². The Morgan fingerprint density at radius 3 is 2.81 bits per heavy atom. The van der Waals surface area contributed by atoms with Gasteiger partial charge in [-0.25, -0.2) is 4.98 Å². The summed E-state index contributed by atoms with van der Waals surface area (Å²) in [5.74, 6) is 0.920. The van der Waals surface area contributed by atoms with Gasteiger partial charge in [-0.05, 0) is 13.8 Å². The summed E-state index contributed by atoms with van der Waals surface area (Å²) in [6, 6.07) is 0. The van der Waals surface area contributed by atoms with Crippen LogP contribution >= 0.6 is 0 Å². The van der Waals surface area contributed by atoms with E-state index >= 15 is 0 Å². The molecule has 0 bridgehead atoms. The van der Waals surface area contributed by atoms with Crippen LogP contribution in [0.25, 0.3) is 0 Å². The molecule has 0 saturated carbocycles. The average molecular weight is 219 g/mol. The Kier molecular flexibility index (Phi) is 2.94. The zero-order valence-electron chi connectivity index (χ0n) is 9.94. The number of aryl methyl sites for hydroxylation is 3. The van der Waals surface area contributed by atoms with Crippen LogP contribution in [0.1, 0.15) is 18.2 Å². The van der Waals surface area contributed by atoms with E-state index in [0.717, 1.165) is 30.3 Å². The van der Waals surface area contributed by atoms with Crippen molar-refractivity contribution in [1.29, 1.82) is 0 Å². The van der Waals surface area contributed by atoms with Gasteiger partial charge in [-0.3, -0.25) is 4.68 Å². The molecule has 0 fully saturated rings. The van der Waals surface area contributed by atoms with Crippen LogP contribution in [-0.4, -0.2) is 19.3 Å². The molecule has 2 heterocycles. The van der Waals surface area contributed by atoms with E-state index < -0.39 is 0 Å². The molecule has 0 radical (unpaired) electrons. The van der Waals surface area contributed by atoms with Crippen molar-refractivity contribution in [2.24, 2.45) is 7.05 Å². The molecule has 5 nitrogen and oxygen atoms in total. The standard InChI is InChI=1S/C11H17N5/c1-4-16-7-9(2)14-11(16)12-5-10-6-13-15(3)8-10/h6-8H,4-5H2,1-3H3,(H,12,14). The Hall–Kier alpha value is -1.78. The number of nitrogens with zero attached hydrogens (tertiary/aromatic N) is 4. The van der Waals surface area contributed by atoms with Gasteiger partial charge in [-0.1, -0.05) is 0 Å². The SMILES string of the molecule is CCn1cc(C)nc1NCc1cnn(C)c1. The third-order valence-electron chi connectivity index (χ3n) is 2.45. The molecule has 0 atom stereocenters. The van der Waals surface area contributed by atoms with Gasteiger partial charge >= 0.3 is 0 Å². The highest BCUT2D eigenvalue weighted by Gasteiger charge is 2.03. The number of anilines is 1. The Balaban J connectivity index is 2.04. The highest BCUT2D eigenvalue weighted by molar-refractivity contribution is 5.30. The summed E-state index contributed by atoms with van der Waals surface area (Å²) in [5.41, 5.74) is 2.20. The fraction of sp³-hybridized carbons (Fsp3) is 0.455. The van der Waals surface area contributed by atoms with Crippen LogP contribution in [0.4, 0.5) is 5.95 Å². The molecule has 16 heavy (non-hydrogen) atoms. The average Bonchev–Trinajstić information content (AvgIpc) is 2.81. The first-order valence-electron chi connectivity index (χ1n) is 5.44. The maximum Gasteiger partial charge on any atom is 0.203 e. The number of hydrogen-bond donors (Lipinski definition) is 1. The number of nitrogens with one attached hydrogen (secondary N) is 1. The van der Waals surface area contributed by atoms with Crippen LogP contribution in [0, 0.1) is 6.92 Å². The molecule has 0 aliphatic carbocycles. The Morgan fingerprint density at radius 1 is 1.38 bits per heavy atom. The molecule has 0 aromatic carbocycles. The van der Waals surface area contributed by atoms with Crippen molar-refractivity contribution in [3.63, 3.8) is 0 Å². The second-order valence-corrected chi connectivity index (χ2v) is 3.87. The molecule has 5 heteroatoms. The third kappa shape index (κ3) is 2.24. The zero-order valence-corrected chi connectivity index (χ0v) is 9.94. The quantitative estimate of drug-likeness (QED) is 0.848. The minimum Gasteiger partial charge on any atom is -0.351 e. The van der Waals surface area contributed by atoms with Crippen LogP contribution in [-0.2, 0) is 20.1 Å². The summed E-state index contributed by atoms with van der Waals surface area (Å²) in [5, 5.41) is 7.44. The molecule has 0 aliphatic heterocycles. The van der Waals surface area contributed by atoms with E-state index in [1.54, 1.807) is 4.68 Å².